The first-order valence-corrected chi connectivity index (χ1v) is 8.51. The molecule has 2 rings (SSSR count). The lowest BCUT2D eigenvalue weighted by molar-refractivity contribution is -0.143. The van der Waals surface area contributed by atoms with Crippen LogP contribution >= 0.6 is 11.3 Å². The number of nitrogens with zero attached hydrogens (tertiary/aromatic N) is 1. The summed E-state index contributed by atoms with van der Waals surface area (Å²) in [5.74, 6) is -2.00. The summed E-state index contributed by atoms with van der Waals surface area (Å²) in [6, 6.07) is 5.37. The highest BCUT2D eigenvalue weighted by atomic mass is 32.1. The molecule has 24 heavy (non-hydrogen) atoms. The second-order valence-corrected chi connectivity index (χ2v) is 6.43. The molecular weight excluding hydrogens is 331 g/mol. The molecule has 0 bridgehead atoms. The van der Waals surface area contributed by atoms with Crippen LogP contribution in [-0.2, 0) is 16.0 Å². The van der Waals surface area contributed by atoms with Gasteiger partial charge in [-0.05, 0) is 18.1 Å². The molecule has 0 aliphatic heterocycles. The largest absolute Gasteiger partial charge is 0.480 e. The fraction of sp³-hybridized carbons (Fsp3) is 0.353. The van der Waals surface area contributed by atoms with Crippen LogP contribution in [0.3, 0.4) is 0 Å². The highest BCUT2D eigenvalue weighted by molar-refractivity contribution is 7.13. The van der Waals surface area contributed by atoms with Gasteiger partial charge in [-0.2, -0.15) is 0 Å². The van der Waals surface area contributed by atoms with Gasteiger partial charge in [0, 0.05) is 10.9 Å². The first-order chi connectivity index (χ1) is 11.4. The van der Waals surface area contributed by atoms with Gasteiger partial charge in [-0.15, -0.1) is 11.3 Å². The number of aromatic nitrogens is 1. The zero-order valence-electron chi connectivity index (χ0n) is 13.5. The average molecular weight is 350 g/mol. The Hall–Kier alpha value is -2.28. The molecule has 1 aromatic heterocycles. The summed E-state index contributed by atoms with van der Waals surface area (Å²) in [4.78, 5) is 27.6. The van der Waals surface area contributed by atoms with E-state index in [9.17, 15) is 19.1 Å². The lowest BCUT2D eigenvalue weighted by Gasteiger charge is -2.19. The number of thiazole rings is 1. The zero-order chi connectivity index (χ0) is 17.7. The van der Waals surface area contributed by atoms with E-state index in [1.165, 1.54) is 17.4 Å². The minimum atomic E-state index is -1.05. The highest BCUT2D eigenvalue weighted by Crippen LogP contribution is 2.26. The van der Waals surface area contributed by atoms with Gasteiger partial charge >= 0.3 is 5.97 Å². The van der Waals surface area contributed by atoms with Crippen molar-refractivity contribution in [3.63, 3.8) is 0 Å². The third kappa shape index (κ3) is 4.38. The quantitative estimate of drug-likeness (QED) is 0.804. The third-order valence-electron chi connectivity index (χ3n) is 3.79. The van der Waals surface area contributed by atoms with E-state index in [2.05, 4.69) is 10.3 Å². The van der Waals surface area contributed by atoms with E-state index < -0.39 is 17.9 Å². The lowest BCUT2D eigenvalue weighted by Crippen LogP contribution is -2.45. The normalized spacial score (nSPS) is 13.3. The van der Waals surface area contributed by atoms with Crippen LogP contribution in [0.1, 0.15) is 26.0 Å². The smallest absolute Gasteiger partial charge is 0.326 e. The van der Waals surface area contributed by atoms with E-state index in [-0.39, 0.29) is 18.2 Å². The Morgan fingerprint density at radius 3 is 2.71 bits per heavy atom. The topological polar surface area (TPSA) is 79.3 Å². The van der Waals surface area contributed by atoms with Crippen molar-refractivity contribution in [1.82, 2.24) is 10.3 Å². The molecule has 2 atom stereocenters. The number of nitrogens with one attached hydrogen (secondary N) is 1. The SMILES string of the molecule is CCC(C)C(NC(=O)Cc1csc(-c2ccccc2F)n1)C(=O)O. The van der Waals surface area contributed by atoms with Crippen LogP contribution in [0, 0.1) is 11.7 Å². The second-order valence-electron chi connectivity index (χ2n) is 5.57. The van der Waals surface area contributed by atoms with Gasteiger partial charge in [-0.1, -0.05) is 32.4 Å². The molecule has 1 heterocycles. The molecule has 0 aliphatic carbocycles. The number of aliphatic carboxylic acids is 1. The molecule has 5 nitrogen and oxygen atoms in total. The number of hydrogen-bond donors (Lipinski definition) is 2. The lowest BCUT2D eigenvalue weighted by atomic mass is 9.99. The first-order valence-electron chi connectivity index (χ1n) is 7.63. The van der Waals surface area contributed by atoms with Crippen LogP contribution in [0.15, 0.2) is 29.6 Å². The Bertz CT molecular complexity index is 732. The van der Waals surface area contributed by atoms with E-state index in [1.54, 1.807) is 30.5 Å². The molecule has 7 heteroatoms. The monoisotopic (exact) mass is 350 g/mol. The van der Waals surface area contributed by atoms with Crippen molar-refractivity contribution in [2.75, 3.05) is 0 Å². The predicted molar refractivity (Wildman–Crippen MR) is 90.2 cm³/mol. The van der Waals surface area contributed by atoms with Gasteiger partial charge in [0.15, 0.2) is 0 Å². The Morgan fingerprint density at radius 2 is 2.08 bits per heavy atom. The summed E-state index contributed by atoms with van der Waals surface area (Å²) >= 11 is 1.25. The van der Waals surface area contributed by atoms with Gasteiger partial charge < -0.3 is 10.4 Å². The van der Waals surface area contributed by atoms with E-state index >= 15 is 0 Å². The van der Waals surface area contributed by atoms with Crippen molar-refractivity contribution in [3.05, 3.63) is 41.2 Å². The van der Waals surface area contributed by atoms with Gasteiger partial charge in [-0.25, -0.2) is 14.2 Å². The van der Waals surface area contributed by atoms with Crippen LogP contribution in [-0.4, -0.2) is 28.0 Å². The highest BCUT2D eigenvalue weighted by Gasteiger charge is 2.25. The Kier molecular flexibility index (Phi) is 6.03. The van der Waals surface area contributed by atoms with E-state index in [0.29, 0.717) is 22.7 Å². The molecular formula is C17H19FN2O3S. The number of carboxylic acid groups (broad SMARTS) is 1. The molecule has 0 saturated carbocycles. The Morgan fingerprint density at radius 1 is 1.38 bits per heavy atom. The van der Waals surface area contributed by atoms with Crippen LogP contribution in [0.25, 0.3) is 10.6 Å². The summed E-state index contributed by atoms with van der Waals surface area (Å²) in [7, 11) is 0. The number of rotatable bonds is 7. The number of carbonyl (C=O) groups is 2. The molecule has 2 N–H and O–H groups in total. The molecule has 0 spiro atoms. The molecule has 0 radical (unpaired) electrons. The van der Waals surface area contributed by atoms with E-state index in [0.717, 1.165) is 0 Å². The summed E-state index contributed by atoms with van der Waals surface area (Å²) in [5, 5.41) is 13.9. The van der Waals surface area contributed by atoms with Gasteiger partial charge in [-0.3, -0.25) is 4.79 Å². The van der Waals surface area contributed by atoms with Crippen molar-refractivity contribution in [1.29, 1.82) is 0 Å². The number of halogens is 1. The van der Waals surface area contributed by atoms with Crippen molar-refractivity contribution < 1.29 is 19.1 Å². The van der Waals surface area contributed by atoms with Crippen LogP contribution in [0.2, 0.25) is 0 Å². The number of carboxylic acids is 1. The van der Waals surface area contributed by atoms with Crippen molar-refractivity contribution >= 4 is 23.2 Å². The standard InChI is InChI=1S/C17H19FN2O3S/c1-3-10(2)15(17(22)23)20-14(21)8-11-9-24-16(19-11)12-6-4-5-7-13(12)18/h4-7,9-10,15H,3,8H2,1-2H3,(H,20,21)(H,22,23). The number of amides is 1. The van der Waals surface area contributed by atoms with Crippen LogP contribution in [0.5, 0.6) is 0 Å². The first kappa shape index (κ1) is 18.1. The van der Waals surface area contributed by atoms with E-state index in [1.807, 2.05) is 6.92 Å². The third-order valence-corrected chi connectivity index (χ3v) is 4.72. The van der Waals surface area contributed by atoms with Crippen molar-refractivity contribution in [2.45, 2.75) is 32.7 Å². The fourth-order valence-corrected chi connectivity index (χ4v) is 3.06. The van der Waals surface area contributed by atoms with Gasteiger partial charge in [0.05, 0.1) is 12.1 Å². The second kappa shape index (κ2) is 8.01. The fourth-order valence-electron chi connectivity index (χ4n) is 2.22. The predicted octanol–water partition coefficient (Wildman–Crippen LogP) is 3.11. The van der Waals surface area contributed by atoms with Crippen LogP contribution < -0.4 is 5.32 Å². The molecule has 0 fully saturated rings. The summed E-state index contributed by atoms with van der Waals surface area (Å²) in [5.41, 5.74) is 0.876. The Balaban J connectivity index is 2.05. The molecule has 2 unspecified atom stereocenters. The maximum Gasteiger partial charge on any atom is 0.326 e. The summed E-state index contributed by atoms with van der Waals surface area (Å²) < 4.78 is 13.8. The van der Waals surface area contributed by atoms with Crippen molar-refractivity contribution in [2.24, 2.45) is 5.92 Å². The van der Waals surface area contributed by atoms with Gasteiger partial charge in [0.2, 0.25) is 5.91 Å². The molecule has 1 amide bonds. The number of benzene rings is 1. The summed E-state index contributed by atoms with van der Waals surface area (Å²) in [6.07, 6.45) is 0.608. The summed E-state index contributed by atoms with van der Waals surface area (Å²) in [6.45, 7) is 3.64. The number of hydrogen-bond acceptors (Lipinski definition) is 4. The molecule has 0 aliphatic rings. The zero-order valence-corrected chi connectivity index (χ0v) is 14.3. The van der Waals surface area contributed by atoms with Gasteiger partial charge in [0.1, 0.15) is 16.9 Å². The van der Waals surface area contributed by atoms with Crippen molar-refractivity contribution in [3.8, 4) is 10.6 Å². The Labute approximate surface area is 143 Å². The molecule has 1 aromatic carbocycles. The minimum Gasteiger partial charge on any atom is -0.480 e. The average Bonchev–Trinajstić information content (AvgIpc) is 3.00. The minimum absolute atomic E-state index is 0.0365. The van der Waals surface area contributed by atoms with Crippen LogP contribution in [0.4, 0.5) is 4.39 Å². The molecule has 2 aromatic rings. The maximum absolute atomic E-state index is 13.8. The van der Waals surface area contributed by atoms with Gasteiger partial charge in [0.25, 0.3) is 0 Å². The molecule has 0 saturated heterocycles. The molecule has 128 valence electrons. The van der Waals surface area contributed by atoms with E-state index in [4.69, 9.17) is 0 Å². The maximum atomic E-state index is 13.8. The number of carbonyl (C=O) groups excluding carboxylic acids is 1.